The van der Waals surface area contributed by atoms with Gasteiger partial charge < -0.3 is 15.1 Å². The molecule has 0 atom stereocenters. The maximum Gasteiger partial charge on any atom is 0.127 e. The van der Waals surface area contributed by atoms with Gasteiger partial charge in [-0.25, -0.2) is 0 Å². The van der Waals surface area contributed by atoms with Crippen LogP contribution in [0, 0.1) is 0 Å². The summed E-state index contributed by atoms with van der Waals surface area (Å²) in [6.07, 6.45) is 2.94. The first-order valence-electron chi connectivity index (χ1n) is 6.43. The minimum atomic E-state index is 0.189. The summed E-state index contributed by atoms with van der Waals surface area (Å²) in [5.41, 5.74) is 2.60. The summed E-state index contributed by atoms with van der Waals surface area (Å²) >= 11 is 0. The number of phenols is 2. The molecule has 0 bridgehead atoms. The highest BCUT2D eigenvalue weighted by Gasteiger charge is 2.18. The zero-order valence-corrected chi connectivity index (χ0v) is 11.3. The Labute approximate surface area is 108 Å². The Morgan fingerprint density at radius 2 is 1.78 bits per heavy atom. The third-order valence-corrected chi connectivity index (χ3v) is 3.52. The topological polar surface area (TPSA) is 43.7 Å². The van der Waals surface area contributed by atoms with Crippen LogP contribution in [0.25, 0.3) is 5.57 Å². The van der Waals surface area contributed by atoms with Crippen LogP contribution in [0.4, 0.5) is 0 Å². The zero-order chi connectivity index (χ0) is 13.3. The first kappa shape index (κ1) is 13.0. The van der Waals surface area contributed by atoms with Gasteiger partial charge in [0.15, 0.2) is 0 Å². The van der Waals surface area contributed by atoms with E-state index < -0.39 is 0 Å². The quantitative estimate of drug-likeness (QED) is 0.844. The van der Waals surface area contributed by atoms with Crippen LogP contribution in [-0.2, 0) is 0 Å². The summed E-state index contributed by atoms with van der Waals surface area (Å²) in [7, 11) is 2.06. The Hall–Kier alpha value is -1.48. The molecular formula is C15H21NO2. The van der Waals surface area contributed by atoms with Crippen molar-refractivity contribution in [2.24, 2.45) is 0 Å². The number of hydrogen-bond donors (Lipinski definition) is 2. The fraction of sp³-hybridized carbons (Fsp3) is 0.467. The van der Waals surface area contributed by atoms with Crippen LogP contribution in [-0.4, -0.2) is 35.3 Å². The maximum atomic E-state index is 10.1. The van der Waals surface area contributed by atoms with Crippen molar-refractivity contribution in [1.29, 1.82) is 0 Å². The van der Waals surface area contributed by atoms with E-state index in [0.29, 0.717) is 11.5 Å². The third-order valence-electron chi connectivity index (χ3n) is 3.52. The van der Waals surface area contributed by atoms with E-state index in [1.54, 1.807) is 12.1 Å². The molecule has 18 heavy (non-hydrogen) atoms. The van der Waals surface area contributed by atoms with Crippen molar-refractivity contribution in [1.82, 2.24) is 4.90 Å². The van der Waals surface area contributed by atoms with E-state index in [2.05, 4.69) is 18.0 Å². The van der Waals surface area contributed by atoms with Crippen molar-refractivity contribution < 1.29 is 10.2 Å². The molecule has 0 fully saturated rings. The van der Waals surface area contributed by atoms with E-state index in [1.165, 1.54) is 0 Å². The Morgan fingerprint density at radius 1 is 1.17 bits per heavy atom. The third kappa shape index (κ3) is 2.51. The lowest BCUT2D eigenvalue weighted by atomic mass is 9.93. The predicted molar refractivity (Wildman–Crippen MR) is 74.0 cm³/mol. The normalized spacial score (nSPS) is 17.0. The minimum absolute atomic E-state index is 0.189. The van der Waals surface area contributed by atoms with Gasteiger partial charge in [-0.1, -0.05) is 19.9 Å². The van der Waals surface area contributed by atoms with Crippen LogP contribution < -0.4 is 0 Å². The van der Waals surface area contributed by atoms with Gasteiger partial charge in [0, 0.05) is 13.1 Å². The highest BCUT2D eigenvalue weighted by atomic mass is 16.3. The molecule has 0 saturated heterocycles. The van der Waals surface area contributed by atoms with Crippen LogP contribution in [0.5, 0.6) is 11.5 Å². The van der Waals surface area contributed by atoms with E-state index in [-0.39, 0.29) is 11.5 Å². The van der Waals surface area contributed by atoms with Gasteiger partial charge in [0.05, 0.1) is 5.56 Å². The SMILES string of the molecule is CC(C)c1cc(O)c(C2=CCN(C)CC2)c(O)c1. The van der Waals surface area contributed by atoms with Crippen LogP contribution in [0.1, 0.15) is 37.3 Å². The van der Waals surface area contributed by atoms with E-state index in [1.807, 2.05) is 13.8 Å². The Kier molecular flexibility index (Phi) is 3.62. The van der Waals surface area contributed by atoms with Crippen molar-refractivity contribution in [3.8, 4) is 11.5 Å². The van der Waals surface area contributed by atoms with Crippen molar-refractivity contribution in [2.75, 3.05) is 20.1 Å². The second-order valence-corrected chi connectivity index (χ2v) is 5.33. The van der Waals surface area contributed by atoms with Crippen LogP contribution in [0.3, 0.4) is 0 Å². The van der Waals surface area contributed by atoms with Crippen molar-refractivity contribution in [3.05, 3.63) is 29.3 Å². The maximum absolute atomic E-state index is 10.1. The van der Waals surface area contributed by atoms with Crippen LogP contribution in [0.2, 0.25) is 0 Å². The fourth-order valence-corrected chi connectivity index (χ4v) is 2.29. The molecule has 0 radical (unpaired) electrons. The highest BCUT2D eigenvalue weighted by molar-refractivity contribution is 5.76. The fourth-order valence-electron chi connectivity index (χ4n) is 2.29. The number of aromatic hydroxyl groups is 2. The van der Waals surface area contributed by atoms with Crippen LogP contribution >= 0.6 is 0 Å². The molecule has 98 valence electrons. The van der Waals surface area contributed by atoms with Crippen molar-refractivity contribution in [2.45, 2.75) is 26.2 Å². The lowest BCUT2D eigenvalue weighted by Gasteiger charge is -2.23. The van der Waals surface area contributed by atoms with Crippen molar-refractivity contribution in [3.63, 3.8) is 0 Å². The Bertz CT molecular complexity index is 454. The second-order valence-electron chi connectivity index (χ2n) is 5.33. The zero-order valence-electron chi connectivity index (χ0n) is 11.3. The molecule has 1 aliphatic heterocycles. The number of hydrogen-bond acceptors (Lipinski definition) is 3. The molecule has 0 amide bonds. The molecule has 2 rings (SSSR count). The van der Waals surface area contributed by atoms with E-state index >= 15 is 0 Å². The predicted octanol–water partition coefficient (Wildman–Crippen LogP) is 2.94. The number of benzene rings is 1. The molecular weight excluding hydrogens is 226 g/mol. The van der Waals surface area contributed by atoms with Gasteiger partial charge in [-0.2, -0.15) is 0 Å². The van der Waals surface area contributed by atoms with Gasteiger partial charge in [0.25, 0.3) is 0 Å². The molecule has 1 aliphatic rings. The van der Waals surface area contributed by atoms with Gasteiger partial charge in [0.2, 0.25) is 0 Å². The largest absolute Gasteiger partial charge is 0.507 e. The summed E-state index contributed by atoms with van der Waals surface area (Å²) in [5.74, 6) is 0.673. The first-order valence-corrected chi connectivity index (χ1v) is 6.43. The standard InChI is InChI=1S/C15H21NO2/c1-10(2)12-8-13(17)15(14(18)9-12)11-4-6-16(3)7-5-11/h4,8-10,17-18H,5-7H2,1-3H3. The molecule has 3 heteroatoms. The highest BCUT2D eigenvalue weighted by Crippen LogP contribution is 2.38. The molecule has 0 aliphatic carbocycles. The van der Waals surface area contributed by atoms with Gasteiger partial charge in [0.1, 0.15) is 11.5 Å². The molecule has 1 aromatic rings. The van der Waals surface area contributed by atoms with Gasteiger partial charge in [-0.15, -0.1) is 0 Å². The Balaban J connectivity index is 2.40. The van der Waals surface area contributed by atoms with Gasteiger partial charge >= 0.3 is 0 Å². The van der Waals surface area contributed by atoms with Gasteiger partial charge in [-0.05, 0) is 42.7 Å². The molecule has 1 heterocycles. The summed E-state index contributed by atoms with van der Waals surface area (Å²) in [6, 6.07) is 3.53. The lowest BCUT2D eigenvalue weighted by Crippen LogP contribution is -2.23. The lowest BCUT2D eigenvalue weighted by molar-refractivity contribution is 0.368. The number of nitrogens with zero attached hydrogens (tertiary/aromatic N) is 1. The monoisotopic (exact) mass is 247 g/mol. The molecule has 0 aromatic heterocycles. The number of likely N-dealkylation sites (N-methyl/N-ethyl adjacent to an activating group) is 1. The number of rotatable bonds is 2. The minimum Gasteiger partial charge on any atom is -0.507 e. The van der Waals surface area contributed by atoms with E-state index in [4.69, 9.17) is 0 Å². The molecule has 3 nitrogen and oxygen atoms in total. The molecule has 0 unspecified atom stereocenters. The first-order chi connectivity index (χ1) is 8.49. The summed E-state index contributed by atoms with van der Waals surface area (Å²) < 4.78 is 0. The Morgan fingerprint density at radius 3 is 2.22 bits per heavy atom. The van der Waals surface area contributed by atoms with Crippen molar-refractivity contribution >= 4 is 5.57 Å². The molecule has 1 aromatic carbocycles. The number of phenolic OH excluding ortho intramolecular Hbond substituents is 2. The average Bonchev–Trinajstić information content (AvgIpc) is 2.30. The van der Waals surface area contributed by atoms with Gasteiger partial charge in [-0.3, -0.25) is 0 Å². The average molecular weight is 247 g/mol. The van der Waals surface area contributed by atoms with Crippen LogP contribution in [0.15, 0.2) is 18.2 Å². The molecule has 0 spiro atoms. The smallest absolute Gasteiger partial charge is 0.127 e. The van der Waals surface area contributed by atoms with E-state index in [9.17, 15) is 10.2 Å². The summed E-state index contributed by atoms with van der Waals surface area (Å²) in [5, 5.41) is 20.2. The summed E-state index contributed by atoms with van der Waals surface area (Å²) in [4.78, 5) is 2.21. The molecule has 2 N–H and O–H groups in total. The van der Waals surface area contributed by atoms with E-state index in [0.717, 1.165) is 30.6 Å². The second kappa shape index (κ2) is 5.02. The summed E-state index contributed by atoms with van der Waals surface area (Å²) in [6.45, 7) is 5.90. The molecule has 0 saturated carbocycles.